The molecule has 2 aromatic carbocycles. The standard InChI is InChI=1S/C25H32N2OS2/c28-25(21-5-9-23(10-6-21)29-19-17-26-13-1-2-14-26)22-7-11-24(12-8-22)30-20-18-27-15-3-4-16-27/h5-12H,1-4,13-20H2. The van der Waals surface area contributed by atoms with E-state index in [1.54, 1.807) is 0 Å². The van der Waals surface area contributed by atoms with E-state index >= 15 is 0 Å². The second kappa shape index (κ2) is 11.4. The van der Waals surface area contributed by atoms with E-state index in [4.69, 9.17) is 0 Å². The van der Waals surface area contributed by atoms with Crippen molar-refractivity contribution in [3.63, 3.8) is 0 Å². The van der Waals surface area contributed by atoms with Gasteiger partial charge >= 0.3 is 0 Å². The summed E-state index contributed by atoms with van der Waals surface area (Å²) in [6, 6.07) is 16.2. The normalized spacial score (nSPS) is 17.6. The molecule has 4 rings (SSSR count). The summed E-state index contributed by atoms with van der Waals surface area (Å²) in [4.78, 5) is 20.4. The third-order valence-electron chi connectivity index (χ3n) is 5.98. The van der Waals surface area contributed by atoms with Crippen molar-refractivity contribution in [2.45, 2.75) is 35.5 Å². The molecule has 0 amide bonds. The first-order chi connectivity index (χ1) is 14.8. The maximum Gasteiger partial charge on any atom is 0.193 e. The number of benzene rings is 2. The molecule has 2 heterocycles. The summed E-state index contributed by atoms with van der Waals surface area (Å²) in [7, 11) is 0. The summed E-state index contributed by atoms with van der Waals surface area (Å²) in [5.74, 6) is 2.34. The second-order valence-corrected chi connectivity index (χ2v) is 10.5. The van der Waals surface area contributed by atoms with Gasteiger partial charge in [0.2, 0.25) is 0 Å². The molecule has 0 atom stereocenters. The molecule has 5 heteroatoms. The van der Waals surface area contributed by atoms with Crippen LogP contribution in [0.25, 0.3) is 0 Å². The Morgan fingerprint density at radius 1 is 0.633 bits per heavy atom. The highest BCUT2D eigenvalue weighted by Gasteiger charge is 2.13. The van der Waals surface area contributed by atoms with Gasteiger partial charge in [-0.1, -0.05) is 0 Å². The summed E-state index contributed by atoms with van der Waals surface area (Å²) >= 11 is 3.77. The zero-order valence-corrected chi connectivity index (χ0v) is 19.4. The largest absolute Gasteiger partial charge is 0.303 e. The number of hydrogen-bond acceptors (Lipinski definition) is 5. The van der Waals surface area contributed by atoms with E-state index in [0.717, 1.165) is 35.7 Å². The first-order valence-electron chi connectivity index (χ1n) is 11.2. The second-order valence-electron chi connectivity index (χ2n) is 8.17. The molecule has 0 radical (unpaired) electrons. The molecule has 0 saturated carbocycles. The summed E-state index contributed by atoms with van der Waals surface area (Å²) in [5, 5.41) is 0. The highest BCUT2D eigenvalue weighted by atomic mass is 32.2. The van der Waals surface area contributed by atoms with E-state index in [0.29, 0.717) is 0 Å². The third kappa shape index (κ3) is 6.36. The molecule has 0 aromatic heterocycles. The number of rotatable bonds is 10. The summed E-state index contributed by atoms with van der Waals surface area (Å²) in [6.07, 6.45) is 5.39. The van der Waals surface area contributed by atoms with E-state index in [2.05, 4.69) is 34.1 Å². The van der Waals surface area contributed by atoms with Crippen LogP contribution in [-0.4, -0.2) is 66.4 Å². The predicted octanol–water partition coefficient (Wildman–Crippen LogP) is 5.29. The number of carbonyl (C=O) groups excluding carboxylic acids is 1. The molecule has 2 saturated heterocycles. The molecule has 0 spiro atoms. The minimum absolute atomic E-state index is 0.109. The van der Waals surface area contributed by atoms with Gasteiger partial charge < -0.3 is 9.80 Å². The Morgan fingerprint density at radius 2 is 1.00 bits per heavy atom. The Bertz CT molecular complexity index is 727. The van der Waals surface area contributed by atoms with Crippen LogP contribution in [0.1, 0.15) is 41.6 Å². The van der Waals surface area contributed by atoms with Crippen LogP contribution in [0.5, 0.6) is 0 Å². The van der Waals surface area contributed by atoms with Crippen molar-refractivity contribution in [1.82, 2.24) is 9.80 Å². The average Bonchev–Trinajstić information content (AvgIpc) is 3.49. The molecule has 3 nitrogen and oxygen atoms in total. The fourth-order valence-electron chi connectivity index (χ4n) is 4.17. The third-order valence-corrected chi connectivity index (χ3v) is 7.97. The van der Waals surface area contributed by atoms with Crippen molar-refractivity contribution in [1.29, 1.82) is 0 Å². The number of ketones is 1. The van der Waals surface area contributed by atoms with Crippen molar-refractivity contribution in [2.24, 2.45) is 0 Å². The van der Waals surface area contributed by atoms with Gasteiger partial charge in [-0.2, -0.15) is 0 Å². The van der Waals surface area contributed by atoms with Crippen molar-refractivity contribution in [3.8, 4) is 0 Å². The van der Waals surface area contributed by atoms with Crippen molar-refractivity contribution in [3.05, 3.63) is 59.7 Å². The molecule has 2 aromatic rings. The van der Waals surface area contributed by atoms with Gasteiger partial charge in [-0.05, 0) is 100 Å². The quantitative estimate of drug-likeness (QED) is 0.369. The van der Waals surface area contributed by atoms with Gasteiger partial charge in [0, 0.05) is 45.5 Å². The molecule has 0 aliphatic carbocycles. The Hall–Kier alpha value is -1.27. The smallest absolute Gasteiger partial charge is 0.193 e. The van der Waals surface area contributed by atoms with Crippen LogP contribution in [0, 0.1) is 0 Å². The minimum atomic E-state index is 0.109. The molecule has 2 aliphatic heterocycles. The molecule has 0 bridgehead atoms. The van der Waals surface area contributed by atoms with Gasteiger partial charge in [0.15, 0.2) is 5.78 Å². The van der Waals surface area contributed by atoms with Crippen LogP contribution >= 0.6 is 23.5 Å². The predicted molar refractivity (Wildman–Crippen MR) is 129 cm³/mol. The lowest BCUT2D eigenvalue weighted by Gasteiger charge is -2.14. The summed E-state index contributed by atoms with van der Waals surface area (Å²) in [6.45, 7) is 7.34. The zero-order valence-electron chi connectivity index (χ0n) is 17.7. The molecule has 30 heavy (non-hydrogen) atoms. The van der Waals surface area contributed by atoms with Crippen molar-refractivity contribution in [2.75, 3.05) is 50.8 Å². The highest BCUT2D eigenvalue weighted by molar-refractivity contribution is 7.99. The van der Waals surface area contributed by atoms with E-state index < -0.39 is 0 Å². The van der Waals surface area contributed by atoms with Gasteiger partial charge in [-0.25, -0.2) is 0 Å². The summed E-state index contributed by atoms with van der Waals surface area (Å²) < 4.78 is 0. The lowest BCUT2D eigenvalue weighted by atomic mass is 10.0. The monoisotopic (exact) mass is 440 g/mol. The van der Waals surface area contributed by atoms with Crippen LogP contribution in [0.2, 0.25) is 0 Å². The lowest BCUT2D eigenvalue weighted by Crippen LogP contribution is -2.21. The van der Waals surface area contributed by atoms with Gasteiger partial charge in [-0.15, -0.1) is 23.5 Å². The minimum Gasteiger partial charge on any atom is -0.303 e. The zero-order chi connectivity index (χ0) is 20.6. The average molecular weight is 441 g/mol. The molecule has 2 aliphatic rings. The maximum atomic E-state index is 12.8. The SMILES string of the molecule is O=C(c1ccc(SCCN2CCCC2)cc1)c1ccc(SCCN2CCCC2)cc1. The van der Waals surface area contributed by atoms with E-state index in [1.807, 2.05) is 47.8 Å². The van der Waals surface area contributed by atoms with E-state index in [-0.39, 0.29) is 5.78 Å². The summed E-state index contributed by atoms with van der Waals surface area (Å²) in [5.41, 5.74) is 1.54. The highest BCUT2D eigenvalue weighted by Crippen LogP contribution is 2.23. The van der Waals surface area contributed by atoms with Gasteiger partial charge in [0.25, 0.3) is 0 Å². The Kier molecular flexibility index (Phi) is 8.32. The van der Waals surface area contributed by atoms with Crippen LogP contribution in [0.15, 0.2) is 58.3 Å². The lowest BCUT2D eigenvalue weighted by molar-refractivity contribution is 0.103. The number of hydrogen-bond donors (Lipinski definition) is 0. The molecular weight excluding hydrogens is 408 g/mol. The number of carbonyl (C=O) groups is 1. The topological polar surface area (TPSA) is 23.6 Å². The Balaban J connectivity index is 1.23. The van der Waals surface area contributed by atoms with Crippen LogP contribution in [-0.2, 0) is 0 Å². The Labute approximate surface area is 189 Å². The van der Waals surface area contributed by atoms with Gasteiger partial charge in [0.05, 0.1) is 0 Å². The molecule has 0 N–H and O–H groups in total. The van der Waals surface area contributed by atoms with E-state index in [1.165, 1.54) is 61.7 Å². The fourth-order valence-corrected chi connectivity index (χ4v) is 6.00. The first-order valence-corrected chi connectivity index (χ1v) is 13.2. The van der Waals surface area contributed by atoms with Crippen LogP contribution in [0.3, 0.4) is 0 Å². The maximum absolute atomic E-state index is 12.8. The molecule has 0 unspecified atom stereocenters. The van der Waals surface area contributed by atoms with Crippen LogP contribution < -0.4 is 0 Å². The van der Waals surface area contributed by atoms with Crippen molar-refractivity contribution < 1.29 is 4.79 Å². The molecule has 2 fully saturated rings. The number of likely N-dealkylation sites (tertiary alicyclic amines) is 2. The number of thioether (sulfide) groups is 2. The van der Waals surface area contributed by atoms with Crippen LogP contribution in [0.4, 0.5) is 0 Å². The van der Waals surface area contributed by atoms with Gasteiger partial charge in [0.1, 0.15) is 0 Å². The molecular formula is C25H32N2OS2. The van der Waals surface area contributed by atoms with Crippen molar-refractivity contribution >= 4 is 29.3 Å². The Morgan fingerprint density at radius 3 is 1.37 bits per heavy atom. The first kappa shape index (κ1) is 21.9. The number of nitrogens with zero attached hydrogens (tertiary/aromatic N) is 2. The fraction of sp³-hybridized carbons (Fsp3) is 0.480. The molecule has 160 valence electrons. The van der Waals surface area contributed by atoms with Gasteiger partial charge in [-0.3, -0.25) is 4.79 Å². The van der Waals surface area contributed by atoms with E-state index in [9.17, 15) is 4.79 Å².